The molecule has 5 rings (SSSR count). The Kier molecular flexibility index (Phi) is 8.38. The summed E-state index contributed by atoms with van der Waals surface area (Å²) in [5.74, 6) is -3.48. The molecule has 0 spiro atoms. The van der Waals surface area contributed by atoms with Crippen molar-refractivity contribution in [3.8, 4) is 0 Å². The minimum absolute atomic E-state index is 0.0529. The number of benzene rings is 2. The maximum atomic E-state index is 15.2. The summed E-state index contributed by atoms with van der Waals surface area (Å²) in [7, 11) is -4.65. The van der Waals surface area contributed by atoms with Gasteiger partial charge in [0.1, 0.15) is 10.6 Å². The molecule has 2 aromatic rings. The highest BCUT2D eigenvalue weighted by atomic mass is 32.2. The number of hydrogen-bond acceptors (Lipinski definition) is 5. The Morgan fingerprint density at radius 2 is 1.48 bits per heavy atom. The molecule has 0 bridgehead atoms. The molecule has 252 valence electrons. The van der Waals surface area contributed by atoms with Crippen molar-refractivity contribution in [2.75, 3.05) is 24.5 Å². The zero-order valence-electron chi connectivity index (χ0n) is 24.3. The maximum Gasteiger partial charge on any atom is 0.435 e. The van der Waals surface area contributed by atoms with Crippen LogP contribution in [-0.2, 0) is 29.8 Å². The monoisotopic (exact) mass is 682 g/mol. The molecule has 16 heteroatoms. The third-order valence-corrected chi connectivity index (χ3v) is 12.2. The third-order valence-electron chi connectivity index (χ3n) is 9.70. The predicted octanol–water partition coefficient (Wildman–Crippen LogP) is 6.12. The fraction of sp³-hybridized carbons (Fsp3) is 0.533. The average Bonchev–Trinajstić information content (AvgIpc) is 3.39. The first kappa shape index (κ1) is 33.9. The average molecular weight is 683 g/mol. The van der Waals surface area contributed by atoms with Gasteiger partial charge in [0.25, 0.3) is 0 Å². The molecule has 1 amide bonds. The van der Waals surface area contributed by atoms with Crippen LogP contribution < -0.4 is 4.90 Å². The van der Waals surface area contributed by atoms with Crippen LogP contribution in [0.5, 0.6) is 0 Å². The highest BCUT2D eigenvalue weighted by Crippen LogP contribution is 2.58. The number of anilines is 1. The van der Waals surface area contributed by atoms with Crippen LogP contribution >= 0.6 is 0 Å². The van der Waals surface area contributed by atoms with Crippen LogP contribution in [0.1, 0.15) is 50.2 Å². The van der Waals surface area contributed by atoms with Gasteiger partial charge in [0, 0.05) is 36.8 Å². The number of amides is 1. The van der Waals surface area contributed by atoms with Crippen molar-refractivity contribution in [3.05, 3.63) is 59.4 Å². The lowest BCUT2D eigenvalue weighted by Gasteiger charge is -2.48. The van der Waals surface area contributed by atoms with E-state index < -0.39 is 73.7 Å². The standard InChI is InChI=1S/C30H30F8N2O5S/c1-2-39-16-24-27(46(44,45)21-10-8-20(31)9-11-21,13-14-40(24)25(41)17-3-5-18(6-4-17)26(42)43)22-12-7-19(15-23(22)39)28(32,29(33,34)35)30(36,37)38/h7-12,15,17-18,24H,2-6,13-14,16H2,1H3,(H,42,43). The topological polar surface area (TPSA) is 95.0 Å². The smallest absolute Gasteiger partial charge is 0.435 e. The van der Waals surface area contributed by atoms with Crippen molar-refractivity contribution in [3.63, 3.8) is 0 Å². The minimum atomic E-state index is -6.40. The number of likely N-dealkylation sites (tertiary alicyclic amines) is 1. The second kappa shape index (κ2) is 11.4. The summed E-state index contributed by atoms with van der Waals surface area (Å²) in [5.41, 5.74) is -8.12. The second-order valence-electron chi connectivity index (χ2n) is 12.0. The number of likely N-dealkylation sites (N-methyl/N-ethyl adjacent to an activating group) is 1. The number of rotatable bonds is 6. The summed E-state index contributed by atoms with van der Waals surface area (Å²) in [5, 5.41) is 9.35. The van der Waals surface area contributed by atoms with Gasteiger partial charge >= 0.3 is 24.0 Å². The van der Waals surface area contributed by atoms with Gasteiger partial charge in [-0.25, -0.2) is 17.2 Å². The summed E-state index contributed by atoms with van der Waals surface area (Å²) >= 11 is 0. The van der Waals surface area contributed by atoms with E-state index in [9.17, 15) is 53.8 Å². The largest absolute Gasteiger partial charge is 0.481 e. The van der Waals surface area contributed by atoms with Gasteiger partial charge in [-0.1, -0.05) is 12.1 Å². The first-order valence-electron chi connectivity index (χ1n) is 14.6. The number of fused-ring (bicyclic) bond motifs is 3. The van der Waals surface area contributed by atoms with Gasteiger partial charge in [-0.05, 0) is 74.9 Å². The van der Waals surface area contributed by atoms with Gasteiger partial charge in [0.15, 0.2) is 9.84 Å². The zero-order chi connectivity index (χ0) is 34.0. The van der Waals surface area contributed by atoms with Crippen molar-refractivity contribution in [1.82, 2.24) is 4.90 Å². The lowest BCUT2D eigenvalue weighted by atomic mass is 9.80. The van der Waals surface area contributed by atoms with Gasteiger partial charge in [-0.15, -0.1) is 0 Å². The summed E-state index contributed by atoms with van der Waals surface area (Å²) in [4.78, 5) is 27.6. The van der Waals surface area contributed by atoms with E-state index in [2.05, 4.69) is 0 Å². The summed E-state index contributed by atoms with van der Waals surface area (Å²) < 4.78 is 138. The maximum absolute atomic E-state index is 15.2. The molecule has 1 saturated heterocycles. The number of halogens is 8. The zero-order valence-corrected chi connectivity index (χ0v) is 25.2. The molecule has 2 fully saturated rings. The molecule has 3 aliphatic rings. The molecule has 2 unspecified atom stereocenters. The van der Waals surface area contributed by atoms with Crippen LogP contribution in [0, 0.1) is 17.7 Å². The number of carboxylic acid groups (broad SMARTS) is 1. The Labute approximate surface area is 259 Å². The van der Waals surface area contributed by atoms with Crippen LogP contribution in [-0.4, -0.2) is 68.3 Å². The van der Waals surface area contributed by atoms with Crippen LogP contribution in [0.2, 0.25) is 0 Å². The van der Waals surface area contributed by atoms with Crippen LogP contribution in [0.15, 0.2) is 47.4 Å². The normalized spacial score (nSPS) is 25.6. The highest BCUT2D eigenvalue weighted by molar-refractivity contribution is 7.92. The molecule has 1 N–H and O–H groups in total. The van der Waals surface area contributed by atoms with E-state index in [1.54, 1.807) is 0 Å². The van der Waals surface area contributed by atoms with Gasteiger partial charge < -0.3 is 14.9 Å². The van der Waals surface area contributed by atoms with E-state index in [0.29, 0.717) is 6.07 Å². The molecule has 2 heterocycles. The van der Waals surface area contributed by atoms with E-state index in [1.807, 2.05) is 0 Å². The van der Waals surface area contributed by atoms with Gasteiger partial charge in [0.2, 0.25) is 5.91 Å². The number of nitrogens with zero attached hydrogens (tertiary/aromatic N) is 2. The molecule has 0 radical (unpaired) electrons. The molecule has 1 saturated carbocycles. The lowest BCUT2D eigenvalue weighted by molar-refractivity contribution is -0.348. The fourth-order valence-electron chi connectivity index (χ4n) is 7.25. The summed E-state index contributed by atoms with van der Waals surface area (Å²) in [6.07, 6.45) is -12.2. The SMILES string of the molecule is CCN1CC2N(C(=O)C3CCC(C(=O)O)CC3)CCC2(S(=O)(=O)c2ccc(F)cc2)c2ccc(C(F)(C(F)(F)F)C(F)(F)F)cc21. The Morgan fingerprint density at radius 1 is 0.913 bits per heavy atom. The molecule has 0 aromatic heterocycles. The number of sulfone groups is 1. The molecule has 2 atom stereocenters. The van der Waals surface area contributed by atoms with E-state index in [0.717, 1.165) is 30.3 Å². The summed E-state index contributed by atoms with van der Waals surface area (Å²) in [6.45, 7) is 0.978. The van der Waals surface area contributed by atoms with E-state index in [-0.39, 0.29) is 74.0 Å². The molecule has 2 aliphatic heterocycles. The summed E-state index contributed by atoms with van der Waals surface area (Å²) in [6, 6.07) is 3.93. The molecular weight excluding hydrogens is 652 g/mol. The van der Waals surface area contributed by atoms with Crippen molar-refractivity contribution in [1.29, 1.82) is 0 Å². The van der Waals surface area contributed by atoms with Crippen LogP contribution in [0.4, 0.5) is 40.8 Å². The number of aliphatic carboxylic acids is 1. The van der Waals surface area contributed by atoms with Crippen molar-refractivity contribution < 1.29 is 58.2 Å². The number of hydrogen-bond donors (Lipinski definition) is 1. The Bertz CT molecular complexity index is 1610. The number of alkyl halides is 7. The molecule has 1 aliphatic carbocycles. The molecule has 46 heavy (non-hydrogen) atoms. The van der Waals surface area contributed by atoms with E-state index in [4.69, 9.17) is 0 Å². The van der Waals surface area contributed by atoms with Crippen LogP contribution in [0.3, 0.4) is 0 Å². The molecule has 2 aromatic carbocycles. The lowest BCUT2D eigenvalue weighted by Crippen LogP contribution is -2.59. The van der Waals surface area contributed by atoms with Gasteiger partial charge in [0.05, 0.1) is 16.9 Å². The third kappa shape index (κ3) is 5.01. The Hall–Kier alpha value is -3.43. The first-order chi connectivity index (χ1) is 21.3. The molecular formula is C30H30F8N2O5S. The van der Waals surface area contributed by atoms with Crippen molar-refractivity contribution in [2.24, 2.45) is 11.8 Å². The Morgan fingerprint density at radius 3 is 2.00 bits per heavy atom. The van der Waals surface area contributed by atoms with Gasteiger partial charge in [-0.2, -0.15) is 26.3 Å². The molecule has 7 nitrogen and oxygen atoms in total. The van der Waals surface area contributed by atoms with Crippen molar-refractivity contribution >= 4 is 27.4 Å². The van der Waals surface area contributed by atoms with Crippen molar-refractivity contribution in [2.45, 2.75) is 72.7 Å². The first-order valence-corrected chi connectivity index (χ1v) is 16.0. The second-order valence-corrected chi connectivity index (χ2v) is 14.2. The van der Waals surface area contributed by atoms with E-state index in [1.165, 1.54) is 16.7 Å². The van der Waals surface area contributed by atoms with Crippen LogP contribution in [0.25, 0.3) is 0 Å². The fourth-order valence-corrected chi connectivity index (χ4v) is 9.55. The number of carboxylic acids is 1. The highest BCUT2D eigenvalue weighted by Gasteiger charge is 2.74. The van der Waals surface area contributed by atoms with E-state index >= 15 is 4.39 Å². The quantitative estimate of drug-likeness (QED) is 0.292. The van der Waals surface area contributed by atoms with Gasteiger partial charge in [-0.3, -0.25) is 9.59 Å². The number of carbonyl (C=O) groups is 2. The predicted molar refractivity (Wildman–Crippen MR) is 148 cm³/mol. The minimum Gasteiger partial charge on any atom is -0.481 e. The Balaban J connectivity index is 1.68. The number of carbonyl (C=O) groups excluding carboxylic acids is 1.